The second kappa shape index (κ2) is 11.4. The van der Waals surface area contributed by atoms with Crippen molar-refractivity contribution in [1.29, 1.82) is 0 Å². The summed E-state index contributed by atoms with van der Waals surface area (Å²) in [5.41, 5.74) is 3.62. The Morgan fingerprint density at radius 3 is 2.39 bits per heavy atom. The maximum absolute atomic E-state index is 13.3. The minimum Gasteiger partial charge on any atom is -0.487 e. The number of ether oxygens (including phenoxy) is 1. The van der Waals surface area contributed by atoms with E-state index in [0.29, 0.717) is 12.5 Å². The second-order valence-corrected chi connectivity index (χ2v) is 9.55. The van der Waals surface area contributed by atoms with Crippen molar-refractivity contribution in [3.63, 3.8) is 0 Å². The molecule has 4 aromatic rings. The van der Waals surface area contributed by atoms with E-state index in [2.05, 4.69) is 16.4 Å². The Morgan fingerprint density at radius 1 is 0.889 bits per heavy atom. The Morgan fingerprint density at radius 2 is 1.61 bits per heavy atom. The number of rotatable bonds is 9. The number of pyridine rings is 1. The van der Waals surface area contributed by atoms with Gasteiger partial charge in [0, 0.05) is 11.9 Å². The predicted octanol–water partition coefficient (Wildman–Crippen LogP) is 5.94. The summed E-state index contributed by atoms with van der Waals surface area (Å²) in [6, 6.07) is 29.4. The van der Waals surface area contributed by atoms with E-state index in [1.807, 2.05) is 84.9 Å². The molecule has 2 atom stereocenters. The van der Waals surface area contributed by atoms with Crippen molar-refractivity contribution >= 4 is 16.8 Å². The first-order valence-electron chi connectivity index (χ1n) is 12.8. The summed E-state index contributed by atoms with van der Waals surface area (Å²) in [5, 5.41) is 14.6. The zero-order chi connectivity index (χ0) is 24.7. The highest BCUT2D eigenvalue weighted by molar-refractivity contribution is 5.84. The van der Waals surface area contributed by atoms with E-state index >= 15 is 0 Å². The van der Waals surface area contributed by atoms with E-state index in [-0.39, 0.29) is 18.4 Å². The molecule has 0 bridgehead atoms. The molecule has 36 heavy (non-hydrogen) atoms. The molecular formula is C31H32N2O3. The molecule has 1 saturated carbocycles. The standard InChI is InChI=1S/C31H32N2O3/c34-29(23-9-2-1-3-10-23)20-32-31(35)30(24-11-4-5-12-24)25-15-18-27(19-16-25)36-21-26-17-14-22-8-6-7-13-28(22)33-26/h1-3,6-10,13-19,24,29-30,34H,4-5,11-12,20-21H2,(H,32,35). The quantitative estimate of drug-likeness (QED) is 0.311. The molecule has 0 radical (unpaired) electrons. The summed E-state index contributed by atoms with van der Waals surface area (Å²) in [4.78, 5) is 18.0. The van der Waals surface area contributed by atoms with Gasteiger partial charge in [-0.05, 0) is 54.2 Å². The van der Waals surface area contributed by atoms with Crippen molar-refractivity contribution in [1.82, 2.24) is 10.3 Å². The van der Waals surface area contributed by atoms with Crippen LogP contribution in [0.15, 0.2) is 91.0 Å². The number of aromatic nitrogens is 1. The molecule has 5 heteroatoms. The van der Waals surface area contributed by atoms with E-state index in [0.717, 1.165) is 59.2 Å². The van der Waals surface area contributed by atoms with Gasteiger partial charge in [0.05, 0.1) is 23.2 Å². The number of nitrogens with zero attached hydrogens (tertiary/aromatic N) is 1. The van der Waals surface area contributed by atoms with Crippen LogP contribution in [0.3, 0.4) is 0 Å². The van der Waals surface area contributed by atoms with Crippen LogP contribution in [0.1, 0.15) is 54.5 Å². The Bertz CT molecular complexity index is 1280. The van der Waals surface area contributed by atoms with E-state index in [1.165, 1.54) is 0 Å². The van der Waals surface area contributed by atoms with Crippen LogP contribution in [0.5, 0.6) is 5.75 Å². The third-order valence-electron chi connectivity index (χ3n) is 7.09. The number of para-hydroxylation sites is 1. The first kappa shape index (κ1) is 24.0. The zero-order valence-corrected chi connectivity index (χ0v) is 20.3. The van der Waals surface area contributed by atoms with Crippen molar-refractivity contribution in [2.45, 2.75) is 44.3 Å². The van der Waals surface area contributed by atoms with Gasteiger partial charge in [0.15, 0.2) is 0 Å². The zero-order valence-electron chi connectivity index (χ0n) is 20.3. The average molecular weight is 481 g/mol. The monoisotopic (exact) mass is 480 g/mol. The number of hydrogen-bond donors (Lipinski definition) is 2. The molecule has 5 rings (SSSR count). The maximum Gasteiger partial charge on any atom is 0.227 e. The molecule has 3 aromatic carbocycles. The highest BCUT2D eigenvalue weighted by Gasteiger charge is 2.32. The number of aliphatic hydroxyl groups excluding tert-OH is 1. The topological polar surface area (TPSA) is 71.5 Å². The summed E-state index contributed by atoms with van der Waals surface area (Å²) in [7, 11) is 0. The van der Waals surface area contributed by atoms with Gasteiger partial charge < -0.3 is 15.2 Å². The highest BCUT2D eigenvalue weighted by Crippen LogP contribution is 2.38. The molecule has 5 nitrogen and oxygen atoms in total. The number of fused-ring (bicyclic) bond motifs is 1. The van der Waals surface area contributed by atoms with Crippen molar-refractivity contribution in [3.05, 3.63) is 108 Å². The summed E-state index contributed by atoms with van der Waals surface area (Å²) in [6.07, 6.45) is 3.68. The molecule has 2 unspecified atom stereocenters. The second-order valence-electron chi connectivity index (χ2n) is 9.55. The van der Waals surface area contributed by atoms with Crippen molar-refractivity contribution in [3.8, 4) is 5.75 Å². The first-order chi connectivity index (χ1) is 17.7. The van der Waals surface area contributed by atoms with Crippen molar-refractivity contribution < 1.29 is 14.6 Å². The first-order valence-corrected chi connectivity index (χ1v) is 12.8. The molecule has 1 aliphatic rings. The number of carbonyl (C=O) groups excluding carboxylic acids is 1. The minimum absolute atomic E-state index is 0.0223. The largest absolute Gasteiger partial charge is 0.487 e. The van der Waals surface area contributed by atoms with Crippen LogP contribution in [0.25, 0.3) is 10.9 Å². The molecule has 1 fully saturated rings. The van der Waals surface area contributed by atoms with E-state index in [4.69, 9.17) is 4.74 Å². The van der Waals surface area contributed by atoms with Gasteiger partial charge >= 0.3 is 0 Å². The molecule has 0 spiro atoms. The van der Waals surface area contributed by atoms with Crippen LogP contribution in [0.2, 0.25) is 0 Å². The molecule has 2 N–H and O–H groups in total. The van der Waals surface area contributed by atoms with Gasteiger partial charge in [0.1, 0.15) is 12.4 Å². The highest BCUT2D eigenvalue weighted by atomic mass is 16.5. The van der Waals surface area contributed by atoms with E-state index in [1.54, 1.807) is 0 Å². The van der Waals surface area contributed by atoms with Gasteiger partial charge in [-0.25, -0.2) is 4.98 Å². The van der Waals surface area contributed by atoms with Gasteiger partial charge in [-0.15, -0.1) is 0 Å². The Kier molecular flexibility index (Phi) is 7.58. The number of aliphatic hydroxyl groups is 1. The lowest BCUT2D eigenvalue weighted by Gasteiger charge is -2.24. The Balaban J connectivity index is 1.24. The lowest BCUT2D eigenvalue weighted by atomic mass is 9.84. The molecule has 1 heterocycles. The smallest absolute Gasteiger partial charge is 0.227 e. The molecule has 1 aromatic heterocycles. The summed E-state index contributed by atoms with van der Waals surface area (Å²) in [5.74, 6) is 0.809. The van der Waals surface area contributed by atoms with Crippen LogP contribution < -0.4 is 10.1 Å². The fourth-order valence-electron chi connectivity index (χ4n) is 5.15. The number of amides is 1. The van der Waals surface area contributed by atoms with E-state index < -0.39 is 6.10 Å². The molecular weight excluding hydrogens is 448 g/mol. The predicted molar refractivity (Wildman–Crippen MR) is 142 cm³/mol. The fourth-order valence-corrected chi connectivity index (χ4v) is 5.15. The van der Waals surface area contributed by atoms with Gasteiger partial charge in [-0.3, -0.25) is 4.79 Å². The maximum atomic E-state index is 13.3. The molecule has 184 valence electrons. The average Bonchev–Trinajstić information content (AvgIpc) is 3.46. The van der Waals surface area contributed by atoms with Crippen LogP contribution in [0, 0.1) is 5.92 Å². The molecule has 1 amide bonds. The van der Waals surface area contributed by atoms with Gasteiger partial charge in [0.25, 0.3) is 0 Å². The number of carbonyl (C=O) groups is 1. The van der Waals surface area contributed by atoms with Crippen LogP contribution in [0.4, 0.5) is 0 Å². The van der Waals surface area contributed by atoms with Gasteiger partial charge in [0.2, 0.25) is 5.91 Å². The van der Waals surface area contributed by atoms with Crippen molar-refractivity contribution in [2.24, 2.45) is 5.92 Å². The Hall–Kier alpha value is -3.70. The van der Waals surface area contributed by atoms with Crippen LogP contribution >= 0.6 is 0 Å². The summed E-state index contributed by atoms with van der Waals surface area (Å²) < 4.78 is 5.99. The minimum atomic E-state index is -0.723. The van der Waals surface area contributed by atoms with Crippen LogP contribution in [-0.2, 0) is 11.4 Å². The third-order valence-corrected chi connectivity index (χ3v) is 7.09. The third kappa shape index (κ3) is 5.74. The van der Waals surface area contributed by atoms with Gasteiger partial charge in [-0.1, -0.05) is 79.6 Å². The lowest BCUT2D eigenvalue weighted by Crippen LogP contribution is -2.35. The van der Waals surface area contributed by atoms with E-state index in [9.17, 15) is 9.90 Å². The number of nitrogens with one attached hydrogen (secondary N) is 1. The van der Waals surface area contributed by atoms with Gasteiger partial charge in [-0.2, -0.15) is 0 Å². The lowest BCUT2D eigenvalue weighted by molar-refractivity contribution is -0.124. The Labute approximate surface area is 212 Å². The van der Waals surface area contributed by atoms with Crippen molar-refractivity contribution in [2.75, 3.05) is 6.54 Å². The number of hydrogen-bond acceptors (Lipinski definition) is 4. The SMILES string of the molecule is O=C(NCC(O)c1ccccc1)C(c1ccc(OCc2ccc3ccccc3n2)cc1)C1CCCC1. The number of benzene rings is 3. The summed E-state index contributed by atoms with van der Waals surface area (Å²) in [6.45, 7) is 0.583. The van der Waals surface area contributed by atoms with Crippen LogP contribution in [-0.4, -0.2) is 22.5 Å². The fraction of sp³-hybridized carbons (Fsp3) is 0.290. The molecule has 0 saturated heterocycles. The molecule has 0 aliphatic heterocycles. The normalized spacial score (nSPS) is 15.5. The molecule has 1 aliphatic carbocycles. The summed E-state index contributed by atoms with van der Waals surface area (Å²) >= 11 is 0.